The average Bonchev–Trinajstić information content (AvgIpc) is 2.70. The van der Waals surface area contributed by atoms with E-state index in [0.29, 0.717) is 23.8 Å². The van der Waals surface area contributed by atoms with Gasteiger partial charge in [0.1, 0.15) is 5.78 Å². The number of carbonyl (C=O) groups excluding carboxylic acids is 1. The van der Waals surface area contributed by atoms with Crippen molar-refractivity contribution in [3.05, 3.63) is 0 Å². The minimum Gasteiger partial charge on any atom is -0.299 e. The third-order valence-corrected chi connectivity index (χ3v) is 3.82. The lowest BCUT2D eigenvalue weighted by Crippen LogP contribution is -2.41. The predicted molar refractivity (Wildman–Crippen MR) is 57.2 cm³/mol. The van der Waals surface area contributed by atoms with Gasteiger partial charge in [-0.3, -0.25) is 9.69 Å². The molecule has 0 N–H and O–H groups in total. The lowest BCUT2D eigenvalue weighted by atomic mass is 9.94. The molecular formula is C12H21NO. The van der Waals surface area contributed by atoms with Gasteiger partial charge in [-0.05, 0) is 46.1 Å². The Balaban J connectivity index is 2.05. The largest absolute Gasteiger partial charge is 0.299 e. The van der Waals surface area contributed by atoms with Crippen LogP contribution in [0.4, 0.5) is 0 Å². The molecule has 1 saturated heterocycles. The van der Waals surface area contributed by atoms with Crippen molar-refractivity contribution < 1.29 is 4.79 Å². The molecule has 2 heteroatoms. The first-order valence-corrected chi connectivity index (χ1v) is 5.98. The molecule has 0 aromatic carbocycles. The Morgan fingerprint density at radius 2 is 2.07 bits per heavy atom. The Bertz CT molecular complexity index is 224. The molecule has 14 heavy (non-hydrogen) atoms. The summed E-state index contributed by atoms with van der Waals surface area (Å²) in [6, 6.07) is 1.18. The molecule has 0 radical (unpaired) electrons. The summed E-state index contributed by atoms with van der Waals surface area (Å²) in [5, 5.41) is 0. The molecule has 2 rings (SSSR count). The molecule has 0 aromatic heterocycles. The van der Waals surface area contributed by atoms with Gasteiger partial charge in [-0.15, -0.1) is 0 Å². The molecule has 0 spiro atoms. The highest BCUT2D eigenvalue weighted by Crippen LogP contribution is 2.34. The third-order valence-electron chi connectivity index (χ3n) is 3.82. The summed E-state index contributed by atoms with van der Waals surface area (Å²) in [6.07, 6.45) is 5.65. The summed E-state index contributed by atoms with van der Waals surface area (Å²) in [7, 11) is 0. The first kappa shape index (κ1) is 10.2. The molecule has 1 aliphatic carbocycles. The van der Waals surface area contributed by atoms with Crippen LogP contribution in [0, 0.1) is 5.92 Å². The maximum atomic E-state index is 11.7. The number of carbonyl (C=O) groups is 1. The van der Waals surface area contributed by atoms with Gasteiger partial charge in [-0.25, -0.2) is 0 Å². The van der Waals surface area contributed by atoms with Crippen molar-refractivity contribution in [2.24, 2.45) is 5.92 Å². The summed E-state index contributed by atoms with van der Waals surface area (Å²) >= 11 is 0. The van der Waals surface area contributed by atoms with E-state index in [4.69, 9.17) is 0 Å². The van der Waals surface area contributed by atoms with Crippen molar-refractivity contribution in [1.82, 2.24) is 4.90 Å². The number of likely N-dealkylation sites (tertiary alicyclic amines) is 1. The van der Waals surface area contributed by atoms with Crippen molar-refractivity contribution in [3.63, 3.8) is 0 Å². The van der Waals surface area contributed by atoms with E-state index in [0.717, 1.165) is 19.3 Å². The Kier molecular flexibility index (Phi) is 2.91. The highest BCUT2D eigenvalue weighted by Gasteiger charge is 2.38. The quantitative estimate of drug-likeness (QED) is 0.673. The smallest absolute Gasteiger partial charge is 0.137 e. The van der Waals surface area contributed by atoms with Crippen LogP contribution in [-0.2, 0) is 4.79 Å². The molecule has 1 aliphatic heterocycles. The van der Waals surface area contributed by atoms with Crippen LogP contribution in [-0.4, -0.2) is 29.3 Å². The van der Waals surface area contributed by atoms with Crippen LogP contribution in [0.2, 0.25) is 0 Å². The van der Waals surface area contributed by atoms with E-state index in [2.05, 4.69) is 18.7 Å². The van der Waals surface area contributed by atoms with Crippen molar-refractivity contribution in [2.75, 3.05) is 6.54 Å². The van der Waals surface area contributed by atoms with E-state index >= 15 is 0 Å². The van der Waals surface area contributed by atoms with E-state index in [-0.39, 0.29) is 0 Å². The fourth-order valence-electron chi connectivity index (χ4n) is 3.14. The number of Topliss-reactive ketones (excluding diaryl/α,β-unsaturated/α-hetero) is 1. The third kappa shape index (κ3) is 1.72. The van der Waals surface area contributed by atoms with E-state index in [1.807, 2.05) is 0 Å². The first-order valence-electron chi connectivity index (χ1n) is 5.98. The molecule has 2 aliphatic rings. The molecule has 1 saturated carbocycles. The van der Waals surface area contributed by atoms with E-state index in [1.165, 1.54) is 19.4 Å². The Hall–Kier alpha value is -0.370. The summed E-state index contributed by atoms with van der Waals surface area (Å²) in [4.78, 5) is 14.2. The molecule has 1 heterocycles. The SMILES string of the molecule is CC(C)N1CCCC1C1CCCC1=O. The molecular weight excluding hydrogens is 174 g/mol. The maximum Gasteiger partial charge on any atom is 0.137 e. The second kappa shape index (κ2) is 4.01. The predicted octanol–water partition coefficient (Wildman–Crippen LogP) is 2.23. The fraction of sp³-hybridized carbons (Fsp3) is 0.917. The van der Waals surface area contributed by atoms with Gasteiger partial charge in [0, 0.05) is 24.4 Å². The van der Waals surface area contributed by atoms with Crippen LogP contribution >= 0.6 is 0 Å². The van der Waals surface area contributed by atoms with Crippen LogP contribution in [0.5, 0.6) is 0 Å². The molecule has 0 aromatic rings. The van der Waals surface area contributed by atoms with Gasteiger partial charge in [0.05, 0.1) is 0 Å². The molecule has 0 amide bonds. The van der Waals surface area contributed by atoms with Crippen LogP contribution in [0.1, 0.15) is 46.0 Å². The van der Waals surface area contributed by atoms with Crippen molar-refractivity contribution in [3.8, 4) is 0 Å². The normalized spacial score (nSPS) is 34.6. The number of ketones is 1. The van der Waals surface area contributed by atoms with E-state index < -0.39 is 0 Å². The van der Waals surface area contributed by atoms with Crippen LogP contribution in [0.25, 0.3) is 0 Å². The first-order chi connectivity index (χ1) is 6.70. The lowest BCUT2D eigenvalue weighted by Gasteiger charge is -2.31. The van der Waals surface area contributed by atoms with E-state index in [1.54, 1.807) is 0 Å². The zero-order valence-electron chi connectivity index (χ0n) is 9.33. The van der Waals surface area contributed by atoms with Gasteiger partial charge >= 0.3 is 0 Å². The summed E-state index contributed by atoms with van der Waals surface area (Å²) in [6.45, 7) is 5.70. The zero-order chi connectivity index (χ0) is 10.1. The molecule has 80 valence electrons. The zero-order valence-corrected chi connectivity index (χ0v) is 9.33. The van der Waals surface area contributed by atoms with Gasteiger partial charge < -0.3 is 0 Å². The topological polar surface area (TPSA) is 20.3 Å². The second-order valence-corrected chi connectivity index (χ2v) is 5.01. The Morgan fingerprint density at radius 3 is 2.64 bits per heavy atom. The van der Waals surface area contributed by atoms with Gasteiger partial charge in [0.2, 0.25) is 0 Å². The van der Waals surface area contributed by atoms with Crippen molar-refractivity contribution in [2.45, 2.75) is 58.0 Å². The lowest BCUT2D eigenvalue weighted by molar-refractivity contribution is -0.122. The number of hydrogen-bond donors (Lipinski definition) is 0. The minimum absolute atomic E-state index is 0.375. The molecule has 2 fully saturated rings. The monoisotopic (exact) mass is 195 g/mol. The van der Waals surface area contributed by atoms with Gasteiger partial charge in [-0.1, -0.05) is 0 Å². The minimum atomic E-state index is 0.375. The van der Waals surface area contributed by atoms with Gasteiger partial charge in [0.25, 0.3) is 0 Å². The van der Waals surface area contributed by atoms with Crippen molar-refractivity contribution in [1.29, 1.82) is 0 Å². The number of rotatable bonds is 2. The van der Waals surface area contributed by atoms with Gasteiger partial charge in [0.15, 0.2) is 0 Å². The molecule has 2 atom stereocenters. The van der Waals surface area contributed by atoms with Crippen LogP contribution < -0.4 is 0 Å². The summed E-state index contributed by atoms with van der Waals surface area (Å²) < 4.78 is 0. The number of hydrogen-bond acceptors (Lipinski definition) is 2. The average molecular weight is 195 g/mol. The Labute approximate surface area is 86.7 Å². The summed E-state index contributed by atoms with van der Waals surface area (Å²) in [5.41, 5.74) is 0. The molecule has 2 nitrogen and oxygen atoms in total. The highest BCUT2D eigenvalue weighted by molar-refractivity contribution is 5.83. The maximum absolute atomic E-state index is 11.7. The van der Waals surface area contributed by atoms with Gasteiger partial charge in [-0.2, -0.15) is 0 Å². The molecule has 2 unspecified atom stereocenters. The summed E-state index contributed by atoms with van der Waals surface area (Å²) in [5.74, 6) is 0.905. The van der Waals surface area contributed by atoms with Crippen LogP contribution in [0.3, 0.4) is 0 Å². The Morgan fingerprint density at radius 1 is 1.29 bits per heavy atom. The molecule has 0 bridgehead atoms. The second-order valence-electron chi connectivity index (χ2n) is 5.01. The van der Waals surface area contributed by atoms with Crippen molar-refractivity contribution >= 4 is 5.78 Å². The fourth-order valence-corrected chi connectivity index (χ4v) is 3.14. The van der Waals surface area contributed by atoms with E-state index in [9.17, 15) is 4.79 Å². The standard InChI is InChI=1S/C12H21NO/c1-9(2)13-8-4-6-11(13)10-5-3-7-12(10)14/h9-11H,3-8H2,1-2H3. The van der Waals surface area contributed by atoms with Crippen LogP contribution in [0.15, 0.2) is 0 Å². The highest BCUT2D eigenvalue weighted by atomic mass is 16.1. The number of nitrogens with zero attached hydrogens (tertiary/aromatic N) is 1.